The molecule has 0 bridgehead atoms. The van der Waals surface area contributed by atoms with Crippen LogP contribution in [0.4, 0.5) is 4.39 Å². The molecule has 0 radical (unpaired) electrons. The highest BCUT2D eigenvalue weighted by Gasteiger charge is 2.15. The van der Waals surface area contributed by atoms with Gasteiger partial charge in [-0.05, 0) is 12.1 Å². The van der Waals surface area contributed by atoms with Crippen LogP contribution in [0.5, 0.6) is 0 Å². The summed E-state index contributed by atoms with van der Waals surface area (Å²) in [7, 11) is 1.77. The standard InChI is InChI=1S/C10H10FN3O/c1-14-5-4-12-10(14)9(15)8-3-2-7(11)6-13-8/h2-6,9,15H,1H3. The summed E-state index contributed by atoms with van der Waals surface area (Å²) in [6.07, 6.45) is 3.46. The van der Waals surface area contributed by atoms with Crippen molar-refractivity contribution in [2.45, 2.75) is 6.10 Å². The van der Waals surface area contributed by atoms with E-state index in [1.807, 2.05) is 0 Å². The van der Waals surface area contributed by atoms with E-state index in [4.69, 9.17) is 0 Å². The molecule has 0 fully saturated rings. The van der Waals surface area contributed by atoms with Crippen molar-refractivity contribution in [2.75, 3.05) is 0 Å². The number of halogens is 1. The minimum atomic E-state index is -0.925. The summed E-state index contributed by atoms with van der Waals surface area (Å²) in [6.45, 7) is 0. The minimum Gasteiger partial charge on any atom is -0.379 e. The number of hydrogen-bond donors (Lipinski definition) is 1. The lowest BCUT2D eigenvalue weighted by Gasteiger charge is -2.09. The second kappa shape index (κ2) is 3.78. The van der Waals surface area contributed by atoms with E-state index < -0.39 is 11.9 Å². The van der Waals surface area contributed by atoms with E-state index in [0.29, 0.717) is 11.5 Å². The first-order valence-corrected chi connectivity index (χ1v) is 4.45. The van der Waals surface area contributed by atoms with E-state index >= 15 is 0 Å². The lowest BCUT2D eigenvalue weighted by Crippen LogP contribution is -2.08. The van der Waals surface area contributed by atoms with E-state index in [1.54, 1.807) is 24.0 Å². The first kappa shape index (κ1) is 9.79. The molecule has 0 aromatic carbocycles. The van der Waals surface area contributed by atoms with Crippen molar-refractivity contribution in [1.82, 2.24) is 14.5 Å². The summed E-state index contributed by atoms with van der Waals surface area (Å²) in [4.78, 5) is 7.79. The average Bonchev–Trinajstić information content (AvgIpc) is 2.65. The molecule has 0 aliphatic rings. The molecular formula is C10H10FN3O. The normalized spacial score (nSPS) is 12.7. The van der Waals surface area contributed by atoms with Crippen molar-refractivity contribution in [2.24, 2.45) is 7.05 Å². The monoisotopic (exact) mass is 207 g/mol. The second-order valence-corrected chi connectivity index (χ2v) is 3.20. The fraction of sp³-hybridized carbons (Fsp3) is 0.200. The summed E-state index contributed by atoms with van der Waals surface area (Å²) >= 11 is 0. The topological polar surface area (TPSA) is 50.9 Å². The molecule has 2 aromatic rings. The number of rotatable bonds is 2. The number of aryl methyl sites for hydroxylation is 1. The zero-order valence-electron chi connectivity index (χ0n) is 8.13. The maximum atomic E-state index is 12.6. The van der Waals surface area contributed by atoms with Gasteiger partial charge in [0.15, 0.2) is 6.10 Å². The van der Waals surface area contributed by atoms with Crippen LogP contribution < -0.4 is 0 Å². The second-order valence-electron chi connectivity index (χ2n) is 3.20. The van der Waals surface area contributed by atoms with Gasteiger partial charge in [-0.25, -0.2) is 9.37 Å². The van der Waals surface area contributed by atoms with Crippen LogP contribution in [0.1, 0.15) is 17.6 Å². The molecule has 15 heavy (non-hydrogen) atoms. The lowest BCUT2D eigenvalue weighted by atomic mass is 10.2. The molecule has 2 rings (SSSR count). The molecule has 4 nitrogen and oxygen atoms in total. The molecule has 78 valence electrons. The van der Waals surface area contributed by atoms with Crippen molar-refractivity contribution in [1.29, 1.82) is 0 Å². The van der Waals surface area contributed by atoms with Gasteiger partial charge < -0.3 is 9.67 Å². The summed E-state index contributed by atoms with van der Waals surface area (Å²) in [5, 5.41) is 9.88. The van der Waals surface area contributed by atoms with Crippen LogP contribution in [-0.4, -0.2) is 19.6 Å². The Balaban J connectivity index is 2.32. The number of aliphatic hydroxyl groups is 1. The van der Waals surface area contributed by atoms with Crippen molar-refractivity contribution in [3.8, 4) is 0 Å². The Bertz CT molecular complexity index is 452. The number of hydrogen-bond acceptors (Lipinski definition) is 3. The van der Waals surface area contributed by atoms with Gasteiger partial charge in [0.2, 0.25) is 0 Å². The van der Waals surface area contributed by atoms with Crippen LogP contribution in [-0.2, 0) is 7.05 Å². The van der Waals surface area contributed by atoms with Crippen LogP contribution in [0.2, 0.25) is 0 Å². The predicted octanol–water partition coefficient (Wildman–Crippen LogP) is 1.04. The van der Waals surface area contributed by atoms with Gasteiger partial charge in [0.25, 0.3) is 0 Å². The van der Waals surface area contributed by atoms with Gasteiger partial charge >= 0.3 is 0 Å². The third kappa shape index (κ3) is 1.87. The molecule has 1 unspecified atom stereocenters. The predicted molar refractivity (Wildman–Crippen MR) is 51.5 cm³/mol. The highest BCUT2D eigenvalue weighted by Crippen LogP contribution is 2.17. The first-order valence-electron chi connectivity index (χ1n) is 4.45. The van der Waals surface area contributed by atoms with Crippen LogP contribution >= 0.6 is 0 Å². The van der Waals surface area contributed by atoms with E-state index in [9.17, 15) is 9.50 Å². The average molecular weight is 207 g/mol. The highest BCUT2D eigenvalue weighted by molar-refractivity contribution is 5.15. The fourth-order valence-corrected chi connectivity index (χ4v) is 1.32. The smallest absolute Gasteiger partial charge is 0.153 e. The van der Waals surface area contributed by atoms with Crippen molar-refractivity contribution in [3.05, 3.63) is 48.1 Å². The number of aromatic nitrogens is 3. The van der Waals surface area contributed by atoms with E-state index in [2.05, 4.69) is 9.97 Å². The molecule has 0 spiro atoms. The Morgan fingerprint density at radius 2 is 2.20 bits per heavy atom. The molecule has 2 heterocycles. The van der Waals surface area contributed by atoms with Gasteiger partial charge in [0.1, 0.15) is 11.6 Å². The molecule has 2 aromatic heterocycles. The summed E-state index contributed by atoms with van der Waals surface area (Å²) in [5.41, 5.74) is 0.380. The molecule has 0 saturated carbocycles. The highest BCUT2D eigenvalue weighted by atomic mass is 19.1. The number of pyridine rings is 1. The third-order valence-electron chi connectivity index (χ3n) is 2.13. The Hall–Kier alpha value is -1.75. The SMILES string of the molecule is Cn1ccnc1C(O)c1ccc(F)cn1. The van der Waals surface area contributed by atoms with E-state index in [1.165, 1.54) is 12.1 Å². The zero-order chi connectivity index (χ0) is 10.8. The Labute approximate surface area is 86.0 Å². The van der Waals surface area contributed by atoms with E-state index in [-0.39, 0.29) is 0 Å². The van der Waals surface area contributed by atoms with Gasteiger partial charge in [0.05, 0.1) is 11.9 Å². The van der Waals surface area contributed by atoms with Crippen LogP contribution in [0.3, 0.4) is 0 Å². The summed E-state index contributed by atoms with van der Waals surface area (Å²) in [5.74, 6) is 0.0555. The van der Waals surface area contributed by atoms with Crippen LogP contribution in [0, 0.1) is 5.82 Å². The maximum Gasteiger partial charge on any atom is 0.153 e. The number of nitrogens with zero attached hydrogens (tertiary/aromatic N) is 3. The molecule has 1 N–H and O–H groups in total. The van der Waals surface area contributed by atoms with Gasteiger partial charge in [-0.3, -0.25) is 4.98 Å². The largest absolute Gasteiger partial charge is 0.379 e. The number of imidazole rings is 1. The van der Waals surface area contributed by atoms with Crippen molar-refractivity contribution < 1.29 is 9.50 Å². The number of aliphatic hydroxyl groups excluding tert-OH is 1. The summed E-state index contributed by atoms with van der Waals surface area (Å²) in [6, 6.07) is 2.70. The van der Waals surface area contributed by atoms with Crippen LogP contribution in [0.15, 0.2) is 30.7 Å². The molecule has 0 aliphatic carbocycles. The first-order chi connectivity index (χ1) is 7.18. The molecule has 0 amide bonds. The molecule has 0 aliphatic heterocycles. The van der Waals surface area contributed by atoms with Gasteiger partial charge in [0, 0.05) is 19.4 Å². The third-order valence-corrected chi connectivity index (χ3v) is 2.13. The Morgan fingerprint density at radius 1 is 1.40 bits per heavy atom. The Kier molecular flexibility index (Phi) is 2.47. The van der Waals surface area contributed by atoms with Gasteiger partial charge in [-0.15, -0.1) is 0 Å². The van der Waals surface area contributed by atoms with Gasteiger partial charge in [-0.1, -0.05) is 0 Å². The lowest BCUT2D eigenvalue weighted by molar-refractivity contribution is 0.201. The molecular weight excluding hydrogens is 197 g/mol. The Morgan fingerprint density at radius 3 is 2.73 bits per heavy atom. The fourth-order valence-electron chi connectivity index (χ4n) is 1.32. The zero-order valence-corrected chi connectivity index (χ0v) is 8.13. The summed E-state index contributed by atoms with van der Waals surface area (Å²) < 4.78 is 14.3. The minimum absolute atomic E-state index is 0.380. The van der Waals surface area contributed by atoms with Crippen LogP contribution in [0.25, 0.3) is 0 Å². The molecule has 5 heteroatoms. The van der Waals surface area contributed by atoms with E-state index in [0.717, 1.165) is 6.20 Å². The molecule has 1 atom stereocenters. The maximum absolute atomic E-state index is 12.6. The van der Waals surface area contributed by atoms with Gasteiger partial charge in [-0.2, -0.15) is 0 Å². The molecule has 0 saturated heterocycles. The van der Waals surface area contributed by atoms with Crippen molar-refractivity contribution >= 4 is 0 Å². The van der Waals surface area contributed by atoms with Crippen molar-refractivity contribution in [3.63, 3.8) is 0 Å². The quantitative estimate of drug-likeness (QED) is 0.800.